The van der Waals surface area contributed by atoms with Gasteiger partial charge in [0.05, 0.1) is 24.5 Å². The fourth-order valence-corrected chi connectivity index (χ4v) is 4.28. The number of benzene rings is 3. The molecule has 1 amide bonds. The molecule has 0 saturated heterocycles. The van der Waals surface area contributed by atoms with E-state index >= 15 is 0 Å². The van der Waals surface area contributed by atoms with Gasteiger partial charge < -0.3 is 19.0 Å². The molecule has 35 heavy (non-hydrogen) atoms. The van der Waals surface area contributed by atoms with E-state index in [0.29, 0.717) is 18.6 Å². The molecule has 1 atom stereocenters. The first kappa shape index (κ1) is 22.5. The standard InChI is InChI=1S/C29H27N3O3/c1-3-34-23-15-13-21(14-16-23)25-19-30-28(32(25)2)24(17-20-9-5-4-6-10-20)31-29(33)27-18-22-11-7-8-12-26(22)35-27/h4-16,18-19,24H,3,17H2,1-2H3,(H,31,33)/t24-/m0/s1. The fraction of sp³-hybridized carbons (Fsp3) is 0.172. The van der Waals surface area contributed by atoms with Crippen LogP contribution < -0.4 is 10.1 Å². The molecule has 5 rings (SSSR count). The normalized spacial score (nSPS) is 11.9. The molecule has 0 radical (unpaired) electrons. The summed E-state index contributed by atoms with van der Waals surface area (Å²) in [7, 11) is 1.97. The van der Waals surface area contributed by atoms with Crippen molar-refractivity contribution in [2.75, 3.05) is 6.61 Å². The number of carbonyl (C=O) groups excluding carboxylic acids is 1. The Balaban J connectivity index is 1.45. The van der Waals surface area contributed by atoms with E-state index < -0.39 is 0 Å². The van der Waals surface area contributed by atoms with Crippen LogP contribution in [0.1, 0.15) is 34.9 Å². The van der Waals surface area contributed by atoms with Crippen molar-refractivity contribution in [2.24, 2.45) is 7.05 Å². The van der Waals surface area contributed by atoms with E-state index in [4.69, 9.17) is 14.1 Å². The summed E-state index contributed by atoms with van der Waals surface area (Å²) >= 11 is 0. The van der Waals surface area contributed by atoms with Gasteiger partial charge in [0.1, 0.15) is 17.2 Å². The lowest BCUT2D eigenvalue weighted by Crippen LogP contribution is -2.31. The number of nitrogens with one attached hydrogen (secondary N) is 1. The molecule has 0 spiro atoms. The third-order valence-corrected chi connectivity index (χ3v) is 6.03. The van der Waals surface area contributed by atoms with Crippen LogP contribution in [0, 0.1) is 0 Å². The third-order valence-electron chi connectivity index (χ3n) is 6.03. The lowest BCUT2D eigenvalue weighted by atomic mass is 10.0. The molecule has 6 heteroatoms. The number of imidazole rings is 1. The lowest BCUT2D eigenvalue weighted by Gasteiger charge is -2.19. The molecule has 176 valence electrons. The van der Waals surface area contributed by atoms with Gasteiger partial charge in [0.25, 0.3) is 5.91 Å². The SMILES string of the molecule is CCOc1ccc(-c2cnc([C@H](Cc3ccccc3)NC(=O)c3cc4ccccc4o3)n2C)cc1. The molecular weight excluding hydrogens is 438 g/mol. The van der Waals surface area contributed by atoms with Gasteiger partial charge >= 0.3 is 0 Å². The Labute approximate surface area is 204 Å². The van der Waals surface area contributed by atoms with Gasteiger partial charge in [-0.25, -0.2) is 4.98 Å². The minimum absolute atomic E-state index is 0.271. The van der Waals surface area contributed by atoms with E-state index in [0.717, 1.165) is 33.8 Å². The zero-order valence-corrected chi connectivity index (χ0v) is 19.8. The van der Waals surface area contributed by atoms with Crippen LogP contribution >= 0.6 is 0 Å². The molecule has 1 N–H and O–H groups in total. The van der Waals surface area contributed by atoms with Crippen LogP contribution in [0.4, 0.5) is 0 Å². The predicted octanol–water partition coefficient (Wildman–Crippen LogP) is 5.95. The molecule has 0 bridgehead atoms. The van der Waals surface area contributed by atoms with Crippen molar-refractivity contribution in [2.45, 2.75) is 19.4 Å². The molecule has 2 heterocycles. The van der Waals surface area contributed by atoms with Crippen LogP contribution in [-0.4, -0.2) is 22.1 Å². The first-order valence-electron chi connectivity index (χ1n) is 11.7. The second kappa shape index (κ2) is 9.89. The van der Waals surface area contributed by atoms with Crippen molar-refractivity contribution in [1.29, 1.82) is 0 Å². The number of para-hydroxylation sites is 1. The van der Waals surface area contributed by atoms with Gasteiger partial charge in [0.15, 0.2) is 5.76 Å². The average Bonchev–Trinajstić information content (AvgIpc) is 3.49. The maximum Gasteiger partial charge on any atom is 0.287 e. The minimum atomic E-state index is -0.348. The first-order valence-corrected chi connectivity index (χ1v) is 11.7. The Morgan fingerprint density at radius 2 is 1.77 bits per heavy atom. The van der Waals surface area contributed by atoms with Gasteiger partial charge in [-0.05, 0) is 55.3 Å². The number of furan rings is 1. The van der Waals surface area contributed by atoms with Crippen LogP contribution in [0.25, 0.3) is 22.2 Å². The number of hydrogen-bond acceptors (Lipinski definition) is 4. The highest BCUT2D eigenvalue weighted by Gasteiger charge is 2.23. The van der Waals surface area contributed by atoms with Crippen molar-refractivity contribution in [3.05, 3.63) is 108 Å². The Kier molecular flexibility index (Phi) is 6.35. The second-order valence-corrected chi connectivity index (χ2v) is 8.38. The van der Waals surface area contributed by atoms with E-state index in [1.807, 2.05) is 91.5 Å². The van der Waals surface area contributed by atoms with E-state index in [9.17, 15) is 4.79 Å². The molecular formula is C29H27N3O3. The van der Waals surface area contributed by atoms with Crippen LogP contribution in [0.2, 0.25) is 0 Å². The summed E-state index contributed by atoms with van der Waals surface area (Å²) in [6.45, 7) is 2.59. The van der Waals surface area contributed by atoms with Crippen molar-refractivity contribution < 1.29 is 13.9 Å². The molecule has 5 aromatic rings. The smallest absolute Gasteiger partial charge is 0.287 e. The summed E-state index contributed by atoms with van der Waals surface area (Å²) in [5.74, 6) is 1.61. The summed E-state index contributed by atoms with van der Waals surface area (Å²) in [5.41, 5.74) is 3.77. The molecule has 0 aliphatic heterocycles. The molecule has 2 aromatic heterocycles. The van der Waals surface area contributed by atoms with Gasteiger partial charge in [-0.15, -0.1) is 0 Å². The third kappa shape index (κ3) is 4.82. The summed E-state index contributed by atoms with van der Waals surface area (Å²) in [6, 6.07) is 27.1. The monoisotopic (exact) mass is 465 g/mol. The Morgan fingerprint density at radius 1 is 1.03 bits per heavy atom. The highest BCUT2D eigenvalue weighted by Crippen LogP contribution is 2.27. The van der Waals surface area contributed by atoms with E-state index in [1.54, 1.807) is 6.07 Å². The zero-order chi connectivity index (χ0) is 24.2. The first-order chi connectivity index (χ1) is 17.1. The summed E-state index contributed by atoms with van der Waals surface area (Å²) < 4.78 is 13.4. The van der Waals surface area contributed by atoms with Crippen LogP contribution in [-0.2, 0) is 13.5 Å². The second-order valence-electron chi connectivity index (χ2n) is 8.38. The maximum absolute atomic E-state index is 13.2. The Morgan fingerprint density at radius 3 is 2.51 bits per heavy atom. The predicted molar refractivity (Wildman–Crippen MR) is 136 cm³/mol. The summed E-state index contributed by atoms with van der Waals surface area (Å²) in [4.78, 5) is 17.9. The molecule has 0 aliphatic rings. The topological polar surface area (TPSA) is 69.3 Å². The molecule has 3 aromatic carbocycles. The number of nitrogens with zero attached hydrogens (tertiary/aromatic N) is 2. The summed E-state index contributed by atoms with van der Waals surface area (Å²) in [6.07, 6.45) is 2.44. The van der Waals surface area contributed by atoms with E-state index in [1.165, 1.54) is 0 Å². The van der Waals surface area contributed by atoms with Gasteiger partial charge in [-0.3, -0.25) is 4.79 Å². The zero-order valence-electron chi connectivity index (χ0n) is 19.8. The lowest BCUT2D eigenvalue weighted by molar-refractivity contribution is 0.0908. The van der Waals surface area contributed by atoms with Crippen LogP contribution in [0.3, 0.4) is 0 Å². The number of carbonyl (C=O) groups is 1. The quantitative estimate of drug-likeness (QED) is 0.308. The average molecular weight is 466 g/mol. The number of amides is 1. The van der Waals surface area contributed by atoms with Gasteiger partial charge in [0.2, 0.25) is 0 Å². The number of hydrogen-bond donors (Lipinski definition) is 1. The largest absolute Gasteiger partial charge is 0.494 e. The van der Waals surface area contributed by atoms with Gasteiger partial charge in [-0.2, -0.15) is 0 Å². The molecule has 0 fully saturated rings. The number of fused-ring (bicyclic) bond motifs is 1. The van der Waals surface area contributed by atoms with Crippen LogP contribution in [0.5, 0.6) is 5.75 Å². The molecule has 6 nitrogen and oxygen atoms in total. The van der Waals surface area contributed by atoms with Gasteiger partial charge in [-0.1, -0.05) is 48.5 Å². The molecule has 0 aliphatic carbocycles. The number of aromatic nitrogens is 2. The van der Waals surface area contributed by atoms with Crippen LogP contribution in [0.15, 0.2) is 95.5 Å². The minimum Gasteiger partial charge on any atom is -0.494 e. The Bertz CT molecular complexity index is 1400. The highest BCUT2D eigenvalue weighted by atomic mass is 16.5. The fourth-order valence-electron chi connectivity index (χ4n) is 4.28. The molecule has 0 saturated carbocycles. The van der Waals surface area contributed by atoms with Crippen molar-refractivity contribution >= 4 is 16.9 Å². The van der Waals surface area contributed by atoms with E-state index in [-0.39, 0.29) is 17.7 Å². The van der Waals surface area contributed by atoms with E-state index in [2.05, 4.69) is 17.4 Å². The number of ether oxygens (including phenoxy) is 1. The molecule has 0 unspecified atom stereocenters. The summed E-state index contributed by atoms with van der Waals surface area (Å²) in [5, 5.41) is 4.05. The Hall–Kier alpha value is -4.32. The van der Waals surface area contributed by atoms with Crippen molar-refractivity contribution in [1.82, 2.24) is 14.9 Å². The van der Waals surface area contributed by atoms with Gasteiger partial charge in [0, 0.05) is 18.0 Å². The van der Waals surface area contributed by atoms with Crippen molar-refractivity contribution in [3.63, 3.8) is 0 Å². The number of rotatable bonds is 8. The van der Waals surface area contributed by atoms with Crippen molar-refractivity contribution in [3.8, 4) is 17.0 Å². The highest BCUT2D eigenvalue weighted by molar-refractivity contribution is 5.96. The maximum atomic E-state index is 13.2.